The summed E-state index contributed by atoms with van der Waals surface area (Å²) in [4.78, 5) is 36.3. The predicted molar refractivity (Wildman–Crippen MR) is 112 cm³/mol. The highest BCUT2D eigenvalue weighted by Gasteiger charge is 2.49. The minimum atomic E-state index is -1.76. The molecule has 0 radical (unpaired) electrons. The molecule has 1 aliphatic rings. The van der Waals surface area contributed by atoms with Gasteiger partial charge in [-0.15, -0.1) is 0 Å². The summed E-state index contributed by atoms with van der Waals surface area (Å²) in [5, 5.41) is 0. The molecule has 0 N–H and O–H groups in total. The van der Waals surface area contributed by atoms with Crippen LogP contribution in [0.2, 0.25) is 0 Å². The zero-order valence-electron chi connectivity index (χ0n) is 15.9. The van der Waals surface area contributed by atoms with Crippen LogP contribution in [0.15, 0.2) is 46.0 Å². The number of ether oxygens (including phenoxy) is 3. The maximum atomic E-state index is 15.3. The molecule has 0 unspecified atom stereocenters. The van der Waals surface area contributed by atoms with Crippen molar-refractivity contribution in [2.75, 3.05) is 6.61 Å². The molecule has 3 heterocycles. The zero-order chi connectivity index (χ0) is 22.1. The minimum absolute atomic E-state index is 0.270. The van der Waals surface area contributed by atoms with E-state index in [1.165, 1.54) is 17.8 Å². The fraction of sp³-hybridized carbons (Fsp3) is 0.316. The van der Waals surface area contributed by atoms with Gasteiger partial charge in [-0.2, -0.15) is 0 Å². The number of carbonyl (C=O) groups is 2. The van der Waals surface area contributed by atoms with E-state index in [9.17, 15) is 9.59 Å². The SMILES string of the molecule is CC(=O)O[C@H]1[C@@H](F)[C@H](n2cnc3c(Br)nc(Br)nc32)O[C@@H]1COC(=O)c1ccccc1. The highest BCUT2D eigenvalue weighted by Crippen LogP contribution is 2.36. The van der Waals surface area contributed by atoms with Crippen LogP contribution in [-0.4, -0.2) is 56.4 Å². The number of imidazole rings is 1. The number of fused-ring (bicyclic) bond motifs is 1. The van der Waals surface area contributed by atoms with E-state index in [0.717, 1.165) is 0 Å². The van der Waals surface area contributed by atoms with Crippen molar-refractivity contribution in [3.8, 4) is 0 Å². The van der Waals surface area contributed by atoms with E-state index in [2.05, 4.69) is 46.8 Å². The Kier molecular flexibility index (Phi) is 6.30. The summed E-state index contributed by atoms with van der Waals surface area (Å²) in [6.45, 7) is 0.860. The van der Waals surface area contributed by atoms with Gasteiger partial charge >= 0.3 is 11.9 Å². The highest BCUT2D eigenvalue weighted by atomic mass is 79.9. The summed E-state index contributed by atoms with van der Waals surface area (Å²) in [7, 11) is 0. The molecule has 1 aliphatic heterocycles. The molecule has 2 aromatic heterocycles. The lowest BCUT2D eigenvalue weighted by molar-refractivity contribution is -0.152. The molecule has 0 amide bonds. The quantitative estimate of drug-likeness (QED) is 0.267. The number of hydrogen-bond donors (Lipinski definition) is 0. The molecule has 9 nitrogen and oxygen atoms in total. The van der Waals surface area contributed by atoms with E-state index in [0.29, 0.717) is 21.3 Å². The van der Waals surface area contributed by atoms with Gasteiger partial charge in [0.25, 0.3) is 0 Å². The summed E-state index contributed by atoms with van der Waals surface area (Å²) in [5.41, 5.74) is 1.05. The van der Waals surface area contributed by atoms with Gasteiger partial charge in [0.15, 0.2) is 28.9 Å². The number of benzene rings is 1. The Hall–Kier alpha value is -2.44. The van der Waals surface area contributed by atoms with E-state index in [1.54, 1.807) is 30.3 Å². The van der Waals surface area contributed by atoms with Crippen LogP contribution in [0.25, 0.3) is 11.2 Å². The van der Waals surface area contributed by atoms with Crippen LogP contribution in [0.3, 0.4) is 0 Å². The Morgan fingerprint density at radius 2 is 1.97 bits per heavy atom. The molecule has 1 saturated heterocycles. The number of carbonyl (C=O) groups excluding carboxylic acids is 2. The molecular weight excluding hydrogens is 543 g/mol. The van der Waals surface area contributed by atoms with Gasteiger partial charge in [-0.1, -0.05) is 18.2 Å². The second-order valence-electron chi connectivity index (χ2n) is 6.66. The van der Waals surface area contributed by atoms with E-state index >= 15 is 4.39 Å². The number of rotatable bonds is 5. The van der Waals surface area contributed by atoms with Crippen LogP contribution in [0.5, 0.6) is 0 Å². The second kappa shape index (κ2) is 8.97. The van der Waals surface area contributed by atoms with E-state index in [-0.39, 0.29) is 11.3 Å². The smallest absolute Gasteiger partial charge is 0.338 e. The fourth-order valence-electron chi connectivity index (χ4n) is 3.24. The average molecular weight is 558 g/mol. The molecule has 31 heavy (non-hydrogen) atoms. The zero-order valence-corrected chi connectivity index (χ0v) is 19.1. The third-order valence-corrected chi connectivity index (χ3v) is 5.49. The standard InChI is InChI=1S/C19H15Br2FN4O5/c1-9(27)30-14-11(7-29-18(28)10-5-3-2-4-6-10)31-17(12(14)22)26-8-23-13-15(20)24-19(21)25-16(13)26/h2-6,8,11-12,14,17H,7H2,1H3/t11-,12-,14-,17-/m1/s1. The Balaban J connectivity index is 1.58. The molecule has 12 heteroatoms. The molecule has 4 rings (SSSR count). The number of nitrogens with zero attached hydrogens (tertiary/aromatic N) is 4. The predicted octanol–water partition coefficient (Wildman–Crippen LogP) is 3.38. The Morgan fingerprint density at radius 1 is 1.23 bits per heavy atom. The fourth-order valence-corrected chi connectivity index (χ4v) is 4.27. The van der Waals surface area contributed by atoms with Crippen molar-refractivity contribution in [1.82, 2.24) is 19.5 Å². The van der Waals surface area contributed by atoms with Crippen molar-refractivity contribution >= 4 is 55.0 Å². The maximum Gasteiger partial charge on any atom is 0.338 e. The lowest BCUT2D eigenvalue weighted by atomic mass is 10.1. The van der Waals surface area contributed by atoms with Crippen molar-refractivity contribution in [1.29, 1.82) is 0 Å². The summed E-state index contributed by atoms with van der Waals surface area (Å²) < 4.78 is 33.6. The monoisotopic (exact) mass is 556 g/mol. The van der Waals surface area contributed by atoms with E-state index in [1.807, 2.05) is 0 Å². The van der Waals surface area contributed by atoms with E-state index < -0.39 is 36.5 Å². The first kappa shape index (κ1) is 21.8. The highest BCUT2D eigenvalue weighted by molar-refractivity contribution is 9.11. The summed E-state index contributed by atoms with van der Waals surface area (Å²) in [5.74, 6) is -1.28. The first-order chi connectivity index (χ1) is 14.8. The number of hydrogen-bond acceptors (Lipinski definition) is 8. The van der Waals surface area contributed by atoms with Gasteiger partial charge in [-0.3, -0.25) is 9.36 Å². The molecule has 4 atom stereocenters. The van der Waals surface area contributed by atoms with Crippen LogP contribution >= 0.6 is 31.9 Å². The molecule has 3 aromatic rings. The van der Waals surface area contributed by atoms with Crippen LogP contribution in [-0.2, 0) is 19.0 Å². The molecule has 1 fully saturated rings. The van der Waals surface area contributed by atoms with Crippen LogP contribution < -0.4 is 0 Å². The van der Waals surface area contributed by atoms with Gasteiger partial charge in [0.1, 0.15) is 22.8 Å². The lowest BCUT2D eigenvalue weighted by Gasteiger charge is -2.18. The van der Waals surface area contributed by atoms with Crippen LogP contribution in [0, 0.1) is 0 Å². The number of esters is 2. The number of aromatic nitrogens is 4. The van der Waals surface area contributed by atoms with Crippen molar-refractivity contribution in [3.63, 3.8) is 0 Å². The third kappa shape index (κ3) is 4.46. The molecular formula is C19H15Br2FN4O5. The lowest BCUT2D eigenvalue weighted by Crippen LogP contribution is -2.36. The normalized spacial score (nSPS) is 23.1. The summed E-state index contributed by atoms with van der Waals surface area (Å²) in [6.07, 6.45) is -3.91. The third-order valence-electron chi connectivity index (χ3n) is 4.58. The Morgan fingerprint density at radius 3 is 2.68 bits per heavy atom. The van der Waals surface area contributed by atoms with Crippen molar-refractivity contribution < 1.29 is 28.2 Å². The average Bonchev–Trinajstić information content (AvgIpc) is 3.28. The minimum Gasteiger partial charge on any atom is -0.459 e. The van der Waals surface area contributed by atoms with E-state index in [4.69, 9.17) is 14.2 Å². The molecule has 0 aliphatic carbocycles. The largest absolute Gasteiger partial charge is 0.459 e. The first-order valence-electron chi connectivity index (χ1n) is 9.09. The van der Waals surface area contributed by atoms with Gasteiger partial charge in [0.2, 0.25) is 0 Å². The topological polar surface area (TPSA) is 105 Å². The summed E-state index contributed by atoms with van der Waals surface area (Å²) >= 11 is 6.48. The van der Waals surface area contributed by atoms with Gasteiger partial charge in [0, 0.05) is 6.92 Å². The molecule has 0 saturated carbocycles. The van der Waals surface area contributed by atoms with Gasteiger partial charge in [-0.25, -0.2) is 24.1 Å². The molecule has 0 bridgehead atoms. The molecule has 0 spiro atoms. The van der Waals surface area contributed by atoms with Gasteiger partial charge in [-0.05, 0) is 44.0 Å². The van der Waals surface area contributed by atoms with Crippen molar-refractivity contribution in [3.05, 3.63) is 51.6 Å². The van der Waals surface area contributed by atoms with Crippen LogP contribution in [0.4, 0.5) is 4.39 Å². The number of alkyl halides is 1. The van der Waals surface area contributed by atoms with Crippen molar-refractivity contribution in [2.24, 2.45) is 0 Å². The van der Waals surface area contributed by atoms with Crippen molar-refractivity contribution in [2.45, 2.75) is 31.5 Å². The molecule has 162 valence electrons. The maximum absolute atomic E-state index is 15.3. The first-order valence-corrected chi connectivity index (χ1v) is 10.7. The summed E-state index contributed by atoms with van der Waals surface area (Å²) in [6, 6.07) is 8.34. The molecule has 1 aromatic carbocycles. The van der Waals surface area contributed by atoms with Crippen LogP contribution in [0.1, 0.15) is 23.5 Å². The Bertz CT molecular complexity index is 1130. The number of halogens is 3. The Labute approximate surface area is 192 Å². The second-order valence-corrected chi connectivity index (χ2v) is 8.12. The van der Waals surface area contributed by atoms with Gasteiger partial charge < -0.3 is 14.2 Å². The van der Waals surface area contributed by atoms with Gasteiger partial charge in [0.05, 0.1) is 11.9 Å².